The minimum Gasteiger partial charge on any atom is -0.384 e. The van der Waals surface area contributed by atoms with Gasteiger partial charge in [-0.05, 0) is 66.3 Å². The van der Waals surface area contributed by atoms with Crippen molar-refractivity contribution in [1.29, 1.82) is 5.41 Å². The summed E-state index contributed by atoms with van der Waals surface area (Å²) in [5.41, 5.74) is 16.6. The lowest BCUT2D eigenvalue weighted by Crippen LogP contribution is -2.19. The molecule has 4 nitrogen and oxygen atoms in total. The smallest absolute Gasteiger partial charge is 0.128 e. The molecule has 6 heteroatoms. The molecular formula is C29H36Cl2N4. The van der Waals surface area contributed by atoms with Crippen LogP contribution in [0.2, 0.25) is 0 Å². The van der Waals surface area contributed by atoms with Gasteiger partial charge in [-0.3, -0.25) is 10.4 Å². The summed E-state index contributed by atoms with van der Waals surface area (Å²) >= 11 is 0. The van der Waals surface area contributed by atoms with Gasteiger partial charge in [0, 0.05) is 29.5 Å². The molecule has 1 aliphatic heterocycles. The fourth-order valence-corrected chi connectivity index (χ4v) is 4.93. The number of hydrogen-bond donors (Lipinski definition) is 3. The van der Waals surface area contributed by atoms with Gasteiger partial charge in [-0.15, -0.1) is 24.8 Å². The van der Waals surface area contributed by atoms with Crippen LogP contribution in [0.4, 0.5) is 0 Å². The maximum atomic E-state index is 7.71. The summed E-state index contributed by atoms with van der Waals surface area (Å²) in [6.07, 6.45) is 0. The zero-order chi connectivity index (χ0) is 23.7. The molecule has 0 amide bonds. The van der Waals surface area contributed by atoms with E-state index in [0.29, 0.717) is 5.92 Å². The Kier molecular flexibility index (Phi) is 9.53. The molecule has 2 unspecified atom stereocenters. The monoisotopic (exact) mass is 510 g/mol. The molecule has 0 bridgehead atoms. The summed E-state index contributed by atoms with van der Waals surface area (Å²) < 4.78 is 0. The molecule has 35 heavy (non-hydrogen) atoms. The molecule has 0 fully saturated rings. The average Bonchev–Trinajstić information content (AvgIpc) is 3.32. The van der Waals surface area contributed by atoms with Gasteiger partial charge in [0.25, 0.3) is 0 Å². The number of nitrogens with one attached hydrogen (secondary N) is 2. The number of amidine groups is 2. The van der Waals surface area contributed by atoms with E-state index in [9.17, 15) is 0 Å². The molecule has 4 N–H and O–H groups in total. The molecule has 1 aliphatic rings. The Balaban J connectivity index is 0.00000216. The third-order valence-electron chi connectivity index (χ3n) is 6.85. The number of aryl methyl sites for hydroxylation is 3. The SMILES string of the molecule is Cc1cc(C(C)c2ccc(C(=N)N)cc2C)cc(C(C)c2ccc(C3=NCCN3)cc2C)c1.Cl.Cl. The molecular weight excluding hydrogens is 475 g/mol. The van der Waals surface area contributed by atoms with E-state index in [1.807, 2.05) is 12.1 Å². The van der Waals surface area contributed by atoms with Gasteiger partial charge in [-0.25, -0.2) is 0 Å². The van der Waals surface area contributed by atoms with Gasteiger partial charge < -0.3 is 11.1 Å². The lowest BCUT2D eigenvalue weighted by molar-refractivity contribution is 0.873. The highest BCUT2D eigenvalue weighted by molar-refractivity contribution is 6.00. The van der Waals surface area contributed by atoms with Gasteiger partial charge >= 0.3 is 0 Å². The zero-order valence-electron chi connectivity index (χ0n) is 21.1. The Hall–Kier alpha value is -2.82. The topological polar surface area (TPSA) is 74.3 Å². The maximum absolute atomic E-state index is 7.71. The Bertz CT molecular complexity index is 1250. The van der Waals surface area contributed by atoms with Crippen LogP contribution in [0.3, 0.4) is 0 Å². The molecule has 0 spiro atoms. The molecule has 2 atom stereocenters. The third-order valence-corrected chi connectivity index (χ3v) is 6.85. The molecule has 3 aromatic rings. The van der Waals surface area contributed by atoms with Gasteiger partial charge in [0.15, 0.2) is 0 Å². The standard InChI is InChI=1S/C29H34N4.2ClH/c1-17-12-24(20(4)26-8-6-22(28(30)31)14-18(26)2)16-25(13-17)21(5)27-9-7-23(15-19(27)3)29-32-10-11-33-29;;/h6-9,12-16,20-21H,10-11H2,1-5H3,(H3,30,31)(H,32,33);2*1H. The van der Waals surface area contributed by atoms with E-state index in [1.54, 1.807) is 0 Å². The van der Waals surface area contributed by atoms with Crippen LogP contribution < -0.4 is 11.1 Å². The van der Waals surface area contributed by atoms with Crippen molar-refractivity contribution >= 4 is 36.5 Å². The highest BCUT2D eigenvalue weighted by atomic mass is 35.5. The minimum absolute atomic E-state index is 0. The number of rotatable bonds is 6. The Morgan fingerprint density at radius 1 is 0.857 bits per heavy atom. The molecule has 0 aliphatic carbocycles. The van der Waals surface area contributed by atoms with Crippen molar-refractivity contribution in [2.75, 3.05) is 13.1 Å². The first kappa shape index (κ1) is 28.4. The van der Waals surface area contributed by atoms with E-state index in [4.69, 9.17) is 11.1 Å². The Labute approximate surface area is 221 Å². The lowest BCUT2D eigenvalue weighted by Gasteiger charge is -2.21. The number of benzene rings is 3. The second kappa shape index (κ2) is 11.7. The quantitative estimate of drug-likeness (QED) is 0.265. The van der Waals surface area contributed by atoms with Crippen molar-refractivity contribution in [3.05, 3.63) is 105 Å². The molecule has 1 heterocycles. The highest BCUT2D eigenvalue weighted by Gasteiger charge is 2.18. The van der Waals surface area contributed by atoms with E-state index in [1.165, 1.54) is 44.5 Å². The van der Waals surface area contributed by atoms with Gasteiger partial charge in [0.1, 0.15) is 11.7 Å². The minimum atomic E-state index is 0. The van der Waals surface area contributed by atoms with Gasteiger partial charge in [0.2, 0.25) is 0 Å². The van der Waals surface area contributed by atoms with Crippen LogP contribution in [-0.4, -0.2) is 24.8 Å². The van der Waals surface area contributed by atoms with Crippen molar-refractivity contribution in [3.8, 4) is 0 Å². The normalized spacial score (nSPS) is 14.1. The van der Waals surface area contributed by atoms with Crippen LogP contribution in [0.5, 0.6) is 0 Å². The van der Waals surface area contributed by atoms with Crippen LogP contribution in [0.15, 0.2) is 59.6 Å². The summed E-state index contributed by atoms with van der Waals surface area (Å²) in [6.45, 7) is 12.8. The maximum Gasteiger partial charge on any atom is 0.128 e. The molecule has 0 radical (unpaired) electrons. The summed E-state index contributed by atoms with van der Waals surface area (Å²) in [7, 11) is 0. The molecule has 186 valence electrons. The number of halogens is 2. The largest absolute Gasteiger partial charge is 0.384 e. The Morgan fingerprint density at radius 2 is 1.43 bits per heavy atom. The lowest BCUT2D eigenvalue weighted by atomic mass is 9.83. The van der Waals surface area contributed by atoms with Crippen molar-refractivity contribution in [3.63, 3.8) is 0 Å². The van der Waals surface area contributed by atoms with Crippen molar-refractivity contribution < 1.29 is 0 Å². The van der Waals surface area contributed by atoms with E-state index in [0.717, 1.165) is 24.5 Å². The summed E-state index contributed by atoms with van der Waals surface area (Å²) in [4.78, 5) is 4.56. The highest BCUT2D eigenvalue weighted by Crippen LogP contribution is 2.33. The van der Waals surface area contributed by atoms with Gasteiger partial charge in [-0.2, -0.15) is 0 Å². The van der Waals surface area contributed by atoms with Crippen LogP contribution in [0, 0.1) is 26.2 Å². The van der Waals surface area contributed by atoms with Gasteiger partial charge in [-0.1, -0.05) is 61.9 Å². The summed E-state index contributed by atoms with van der Waals surface area (Å²) in [5, 5.41) is 11.1. The van der Waals surface area contributed by atoms with Crippen molar-refractivity contribution in [2.45, 2.75) is 46.5 Å². The molecule has 0 saturated carbocycles. The summed E-state index contributed by atoms with van der Waals surface area (Å²) in [5.74, 6) is 1.67. The van der Waals surface area contributed by atoms with Crippen LogP contribution in [-0.2, 0) is 0 Å². The number of nitrogens with two attached hydrogens (primary N) is 1. The fourth-order valence-electron chi connectivity index (χ4n) is 4.93. The van der Waals surface area contributed by atoms with Crippen molar-refractivity contribution in [1.82, 2.24) is 5.32 Å². The number of hydrogen-bond acceptors (Lipinski definition) is 3. The first-order valence-electron chi connectivity index (χ1n) is 11.7. The first-order chi connectivity index (χ1) is 15.7. The van der Waals surface area contributed by atoms with Gasteiger partial charge in [0.05, 0.1) is 6.54 Å². The molecule has 0 saturated heterocycles. The third kappa shape index (κ3) is 6.06. The van der Waals surface area contributed by atoms with Crippen molar-refractivity contribution in [2.24, 2.45) is 10.7 Å². The predicted molar refractivity (Wildman–Crippen MR) is 153 cm³/mol. The predicted octanol–water partition coefficient (Wildman–Crippen LogP) is 6.39. The van der Waals surface area contributed by atoms with E-state index >= 15 is 0 Å². The van der Waals surface area contributed by atoms with Crippen LogP contribution in [0.1, 0.15) is 75.8 Å². The second-order valence-corrected chi connectivity index (χ2v) is 9.33. The number of nitrogen functional groups attached to an aromatic ring is 1. The summed E-state index contributed by atoms with van der Waals surface area (Å²) in [6, 6.07) is 19.7. The molecule has 4 rings (SSSR count). The average molecular weight is 512 g/mol. The zero-order valence-corrected chi connectivity index (χ0v) is 22.7. The van der Waals surface area contributed by atoms with E-state index < -0.39 is 0 Å². The van der Waals surface area contributed by atoms with E-state index in [-0.39, 0.29) is 36.6 Å². The second-order valence-electron chi connectivity index (χ2n) is 9.33. The Morgan fingerprint density at radius 3 is 1.91 bits per heavy atom. The van der Waals surface area contributed by atoms with Crippen LogP contribution in [0.25, 0.3) is 0 Å². The van der Waals surface area contributed by atoms with Crippen LogP contribution >= 0.6 is 24.8 Å². The first-order valence-corrected chi connectivity index (χ1v) is 11.7. The molecule has 3 aromatic carbocycles. The molecule has 0 aromatic heterocycles. The number of nitrogens with zero attached hydrogens (tertiary/aromatic N) is 1. The number of aliphatic imine (C=N–C) groups is 1. The fraction of sp³-hybridized carbons (Fsp3) is 0.310. The van der Waals surface area contributed by atoms with E-state index in [2.05, 4.69) is 87.4 Å².